The van der Waals surface area contributed by atoms with Gasteiger partial charge in [-0.25, -0.2) is 0 Å². The van der Waals surface area contributed by atoms with Crippen LogP contribution in [-0.4, -0.2) is 24.3 Å². The smallest absolute Gasteiger partial charge is 0.318 e. The van der Waals surface area contributed by atoms with Gasteiger partial charge in [-0.3, -0.25) is 14.4 Å². The Morgan fingerprint density at radius 2 is 1.53 bits per heavy atom. The predicted octanol–water partition coefficient (Wildman–Crippen LogP) is 4.31. The maximum absolute atomic E-state index is 12.9. The van der Waals surface area contributed by atoms with E-state index in [4.69, 9.17) is 9.47 Å². The number of anilines is 1. The van der Waals surface area contributed by atoms with Crippen LogP contribution >= 0.6 is 0 Å². The second-order valence-electron chi connectivity index (χ2n) is 6.90. The highest BCUT2D eigenvalue weighted by Crippen LogP contribution is 2.44. The van der Waals surface area contributed by atoms with Crippen molar-refractivity contribution < 1.29 is 23.9 Å². The number of fused-ring (bicyclic) bond motifs is 2. The number of ketones is 1. The summed E-state index contributed by atoms with van der Waals surface area (Å²) in [5.41, 5.74) is 2.33. The summed E-state index contributed by atoms with van der Waals surface area (Å²) >= 11 is 0. The molecule has 0 spiro atoms. The third kappa shape index (κ3) is 3.93. The van der Waals surface area contributed by atoms with Gasteiger partial charge >= 0.3 is 5.97 Å². The molecule has 0 bridgehead atoms. The fourth-order valence-corrected chi connectivity index (χ4v) is 3.40. The standard InChI is InChI=1S/C24H19NO5/c1-15(26)16-7-6-8-17(13-16)25-22(27)14-29-24(28)23-18-9-2-4-11-20(18)30-21-12-5-3-10-19(21)23/h2-13,23H,14H2,1H3,(H,25,27). The molecule has 1 N–H and O–H groups in total. The number of carbonyl (C=O) groups is 3. The first-order valence-electron chi connectivity index (χ1n) is 9.46. The third-order valence-electron chi connectivity index (χ3n) is 4.81. The molecule has 1 heterocycles. The molecule has 150 valence electrons. The Morgan fingerprint density at radius 3 is 2.17 bits per heavy atom. The van der Waals surface area contributed by atoms with Crippen molar-refractivity contribution in [1.29, 1.82) is 0 Å². The molecule has 0 radical (unpaired) electrons. The number of hydrogen-bond donors (Lipinski definition) is 1. The van der Waals surface area contributed by atoms with Crippen molar-refractivity contribution in [2.75, 3.05) is 11.9 Å². The molecular weight excluding hydrogens is 382 g/mol. The molecule has 1 aliphatic rings. The Balaban J connectivity index is 1.48. The SMILES string of the molecule is CC(=O)c1cccc(NC(=O)COC(=O)C2c3ccccc3Oc3ccccc32)c1. The van der Waals surface area contributed by atoms with Gasteiger partial charge in [0.1, 0.15) is 17.4 Å². The van der Waals surface area contributed by atoms with Gasteiger partial charge in [-0.15, -0.1) is 0 Å². The van der Waals surface area contributed by atoms with E-state index >= 15 is 0 Å². The largest absolute Gasteiger partial charge is 0.457 e. The van der Waals surface area contributed by atoms with Gasteiger partial charge in [0, 0.05) is 22.4 Å². The van der Waals surface area contributed by atoms with E-state index in [-0.39, 0.29) is 5.78 Å². The first-order chi connectivity index (χ1) is 14.5. The summed E-state index contributed by atoms with van der Waals surface area (Å²) in [5.74, 6) is -0.634. The van der Waals surface area contributed by atoms with Crippen molar-refractivity contribution in [2.24, 2.45) is 0 Å². The number of benzene rings is 3. The topological polar surface area (TPSA) is 81.7 Å². The van der Waals surface area contributed by atoms with Gasteiger partial charge in [-0.1, -0.05) is 48.5 Å². The van der Waals surface area contributed by atoms with Crippen molar-refractivity contribution in [3.05, 3.63) is 89.5 Å². The number of Topliss-reactive ketones (excluding diaryl/α,β-unsaturated/α-hetero) is 1. The number of rotatable bonds is 5. The molecule has 4 rings (SSSR count). The van der Waals surface area contributed by atoms with Gasteiger partial charge < -0.3 is 14.8 Å². The van der Waals surface area contributed by atoms with E-state index in [1.165, 1.54) is 6.92 Å². The number of esters is 1. The number of amides is 1. The lowest BCUT2D eigenvalue weighted by Gasteiger charge is -2.26. The summed E-state index contributed by atoms with van der Waals surface area (Å²) in [4.78, 5) is 36.7. The molecule has 0 aromatic heterocycles. The second-order valence-corrected chi connectivity index (χ2v) is 6.90. The lowest BCUT2D eigenvalue weighted by molar-refractivity contribution is -0.148. The van der Waals surface area contributed by atoms with E-state index < -0.39 is 24.4 Å². The average Bonchev–Trinajstić information content (AvgIpc) is 2.76. The Labute approximate surface area is 173 Å². The van der Waals surface area contributed by atoms with Crippen LogP contribution in [0.5, 0.6) is 11.5 Å². The summed E-state index contributed by atoms with van der Waals surface area (Å²) in [5, 5.41) is 2.64. The fraction of sp³-hybridized carbons (Fsp3) is 0.125. The highest BCUT2D eigenvalue weighted by Gasteiger charge is 2.33. The molecule has 1 aliphatic heterocycles. The second kappa shape index (κ2) is 8.21. The van der Waals surface area contributed by atoms with Crippen molar-refractivity contribution in [3.63, 3.8) is 0 Å². The van der Waals surface area contributed by atoms with Gasteiger partial charge in [0.05, 0.1) is 0 Å². The first kappa shape index (κ1) is 19.4. The van der Waals surface area contributed by atoms with Crippen LogP contribution in [0.1, 0.15) is 34.3 Å². The normalized spacial score (nSPS) is 12.2. The molecule has 6 heteroatoms. The summed E-state index contributed by atoms with van der Waals surface area (Å²) in [6, 6.07) is 21.1. The zero-order valence-electron chi connectivity index (χ0n) is 16.3. The maximum Gasteiger partial charge on any atom is 0.318 e. The number of nitrogens with one attached hydrogen (secondary N) is 1. The Morgan fingerprint density at radius 1 is 0.900 bits per heavy atom. The van der Waals surface area contributed by atoms with Crippen molar-refractivity contribution >= 4 is 23.3 Å². The third-order valence-corrected chi connectivity index (χ3v) is 4.81. The van der Waals surface area contributed by atoms with Crippen molar-refractivity contribution in [3.8, 4) is 11.5 Å². The average molecular weight is 401 g/mol. The minimum atomic E-state index is -0.681. The summed E-state index contributed by atoms with van der Waals surface area (Å²) < 4.78 is 11.2. The number of carbonyl (C=O) groups excluding carboxylic acids is 3. The van der Waals surface area contributed by atoms with Gasteiger partial charge in [0.2, 0.25) is 0 Å². The van der Waals surface area contributed by atoms with E-state index in [9.17, 15) is 14.4 Å². The Hall–Kier alpha value is -3.93. The predicted molar refractivity (Wildman–Crippen MR) is 111 cm³/mol. The molecule has 6 nitrogen and oxygen atoms in total. The molecule has 0 atom stereocenters. The highest BCUT2D eigenvalue weighted by atomic mass is 16.5. The molecule has 3 aromatic rings. The van der Waals surface area contributed by atoms with Crippen LogP contribution in [0.25, 0.3) is 0 Å². The summed E-state index contributed by atoms with van der Waals surface area (Å²) in [6.45, 7) is 1.01. The Kier molecular flexibility index (Phi) is 5.30. The van der Waals surface area contributed by atoms with Gasteiger partial charge in [0.15, 0.2) is 12.4 Å². The lowest BCUT2D eigenvalue weighted by atomic mass is 9.88. The van der Waals surface area contributed by atoms with Crippen LogP contribution < -0.4 is 10.1 Å². The van der Waals surface area contributed by atoms with Crippen LogP contribution in [0.4, 0.5) is 5.69 Å². The number of para-hydroxylation sites is 2. The monoisotopic (exact) mass is 401 g/mol. The lowest BCUT2D eigenvalue weighted by Crippen LogP contribution is -2.26. The molecule has 30 heavy (non-hydrogen) atoms. The molecule has 0 saturated heterocycles. The zero-order valence-corrected chi connectivity index (χ0v) is 16.3. The van der Waals surface area contributed by atoms with Crippen LogP contribution in [0.3, 0.4) is 0 Å². The van der Waals surface area contributed by atoms with Gasteiger partial charge in [0.25, 0.3) is 5.91 Å². The summed E-state index contributed by atoms with van der Waals surface area (Å²) in [7, 11) is 0. The van der Waals surface area contributed by atoms with Gasteiger partial charge in [-0.2, -0.15) is 0 Å². The van der Waals surface area contributed by atoms with E-state index in [1.807, 2.05) is 36.4 Å². The van der Waals surface area contributed by atoms with E-state index in [2.05, 4.69) is 5.32 Å². The molecule has 0 saturated carbocycles. The fourth-order valence-electron chi connectivity index (χ4n) is 3.40. The molecule has 0 fully saturated rings. The van der Waals surface area contributed by atoms with E-state index in [0.717, 1.165) is 0 Å². The van der Waals surface area contributed by atoms with E-state index in [1.54, 1.807) is 36.4 Å². The molecular formula is C24H19NO5. The summed E-state index contributed by atoms with van der Waals surface area (Å²) in [6.07, 6.45) is 0. The maximum atomic E-state index is 12.9. The van der Waals surface area contributed by atoms with E-state index in [0.29, 0.717) is 33.9 Å². The van der Waals surface area contributed by atoms with Crippen LogP contribution in [-0.2, 0) is 14.3 Å². The number of hydrogen-bond acceptors (Lipinski definition) is 5. The quantitative estimate of drug-likeness (QED) is 0.509. The van der Waals surface area contributed by atoms with Crippen LogP contribution in [0.15, 0.2) is 72.8 Å². The van der Waals surface area contributed by atoms with Crippen LogP contribution in [0.2, 0.25) is 0 Å². The highest BCUT2D eigenvalue weighted by molar-refractivity contribution is 5.98. The van der Waals surface area contributed by atoms with Crippen molar-refractivity contribution in [1.82, 2.24) is 0 Å². The zero-order chi connectivity index (χ0) is 21.1. The first-order valence-corrected chi connectivity index (χ1v) is 9.46. The molecule has 3 aromatic carbocycles. The van der Waals surface area contributed by atoms with Gasteiger partial charge in [-0.05, 0) is 31.2 Å². The minimum absolute atomic E-state index is 0.102. The molecule has 1 amide bonds. The Bertz CT molecular complexity index is 1090. The van der Waals surface area contributed by atoms with Crippen molar-refractivity contribution in [2.45, 2.75) is 12.8 Å². The van der Waals surface area contributed by atoms with Crippen LogP contribution in [0, 0.1) is 0 Å². The minimum Gasteiger partial charge on any atom is -0.457 e. The molecule has 0 unspecified atom stereocenters. The molecule has 0 aliphatic carbocycles. The number of ether oxygens (including phenoxy) is 2.